The Morgan fingerprint density at radius 3 is 3.14 bits per heavy atom. The summed E-state index contributed by atoms with van der Waals surface area (Å²) in [4.78, 5) is 3.85. The fourth-order valence-electron chi connectivity index (χ4n) is 0.515. The SMILES string of the molecule is c1cnc2c(c1)O2. The van der Waals surface area contributed by atoms with E-state index in [4.69, 9.17) is 4.74 Å². The van der Waals surface area contributed by atoms with Gasteiger partial charge in [-0.05, 0) is 12.1 Å². The maximum absolute atomic E-state index is 4.83. The Balaban J connectivity index is 2.73. The van der Waals surface area contributed by atoms with Gasteiger partial charge in [-0.25, -0.2) is 4.98 Å². The van der Waals surface area contributed by atoms with Crippen LogP contribution in [0.15, 0.2) is 18.3 Å². The first-order valence-electron chi connectivity index (χ1n) is 2.10. The second kappa shape index (κ2) is 0.780. The zero-order valence-corrected chi connectivity index (χ0v) is 3.59. The predicted molar refractivity (Wildman–Crippen MR) is 24.3 cm³/mol. The van der Waals surface area contributed by atoms with Crippen LogP contribution in [0.2, 0.25) is 0 Å². The molecule has 0 amide bonds. The van der Waals surface area contributed by atoms with Crippen LogP contribution in [0.25, 0.3) is 0 Å². The van der Waals surface area contributed by atoms with Gasteiger partial charge in [0.2, 0.25) is 0 Å². The summed E-state index contributed by atoms with van der Waals surface area (Å²) in [5.41, 5.74) is 0. The standard InChI is InChI=1S/C5H3NO/c1-2-4-5(7-4)6-3-1/h1-3H. The highest BCUT2D eigenvalue weighted by Crippen LogP contribution is 2.41. The lowest BCUT2D eigenvalue weighted by Gasteiger charge is -1.61. The van der Waals surface area contributed by atoms with E-state index < -0.39 is 0 Å². The average molecular weight is 93.1 g/mol. The lowest BCUT2D eigenvalue weighted by molar-refractivity contribution is 0.635. The lowest BCUT2D eigenvalue weighted by Crippen LogP contribution is -1.51. The van der Waals surface area contributed by atoms with E-state index in [-0.39, 0.29) is 0 Å². The molecule has 0 saturated carbocycles. The van der Waals surface area contributed by atoms with E-state index >= 15 is 0 Å². The van der Waals surface area contributed by atoms with Crippen LogP contribution in [0.4, 0.5) is 0 Å². The molecule has 1 aromatic rings. The number of fused-ring (bicyclic) bond motifs is 1. The second-order valence-electron chi connectivity index (χ2n) is 1.41. The van der Waals surface area contributed by atoms with Gasteiger partial charge in [-0.2, -0.15) is 0 Å². The van der Waals surface area contributed by atoms with Gasteiger partial charge in [0.1, 0.15) is 0 Å². The fourth-order valence-corrected chi connectivity index (χ4v) is 0.515. The van der Waals surface area contributed by atoms with Crippen molar-refractivity contribution >= 4 is 0 Å². The third-order valence-corrected chi connectivity index (χ3v) is 0.901. The molecule has 2 rings (SSSR count). The van der Waals surface area contributed by atoms with E-state index in [0.29, 0.717) is 0 Å². The molecule has 34 valence electrons. The van der Waals surface area contributed by atoms with Crippen LogP contribution in [0.5, 0.6) is 11.6 Å². The largest absolute Gasteiger partial charge is 0.430 e. The molecule has 0 fully saturated rings. The van der Waals surface area contributed by atoms with Gasteiger partial charge in [0.05, 0.1) is 0 Å². The zero-order chi connectivity index (χ0) is 4.69. The van der Waals surface area contributed by atoms with Crippen molar-refractivity contribution in [1.29, 1.82) is 0 Å². The van der Waals surface area contributed by atoms with Crippen LogP contribution >= 0.6 is 0 Å². The quantitative estimate of drug-likeness (QED) is 0.457. The van der Waals surface area contributed by atoms with Crippen molar-refractivity contribution in [3.63, 3.8) is 0 Å². The van der Waals surface area contributed by atoms with Crippen molar-refractivity contribution < 1.29 is 4.74 Å². The molecule has 7 heavy (non-hydrogen) atoms. The Bertz CT molecular complexity index is 176. The average Bonchev–Trinajstić information content (AvgIpc) is 2.41. The molecule has 1 aliphatic heterocycles. The van der Waals surface area contributed by atoms with Crippen molar-refractivity contribution in [2.45, 2.75) is 0 Å². The third-order valence-electron chi connectivity index (χ3n) is 0.901. The Morgan fingerprint density at radius 1 is 1.57 bits per heavy atom. The highest BCUT2D eigenvalue weighted by molar-refractivity contribution is 5.47. The summed E-state index contributed by atoms with van der Waals surface area (Å²) in [6, 6.07) is 3.74. The van der Waals surface area contributed by atoms with Crippen LogP contribution in [0.1, 0.15) is 0 Å². The molecule has 1 aliphatic rings. The number of pyridine rings is 1. The molecule has 2 nitrogen and oxygen atoms in total. The first-order chi connectivity index (χ1) is 3.47. The topological polar surface area (TPSA) is 25.4 Å². The molecular weight excluding hydrogens is 90.1 g/mol. The van der Waals surface area contributed by atoms with Gasteiger partial charge in [-0.1, -0.05) is 0 Å². The Hall–Kier alpha value is -1.05. The van der Waals surface area contributed by atoms with Gasteiger partial charge < -0.3 is 4.74 Å². The molecule has 0 saturated heterocycles. The van der Waals surface area contributed by atoms with E-state index in [1.165, 1.54) is 0 Å². The number of rotatable bonds is 0. The van der Waals surface area contributed by atoms with Gasteiger partial charge in [0.15, 0.2) is 5.75 Å². The summed E-state index contributed by atoms with van der Waals surface area (Å²) in [6.07, 6.45) is 1.71. The van der Waals surface area contributed by atoms with Crippen LogP contribution in [0.3, 0.4) is 0 Å². The molecule has 0 aromatic carbocycles. The van der Waals surface area contributed by atoms with E-state index in [2.05, 4.69) is 4.98 Å². The number of hydrogen-bond acceptors (Lipinski definition) is 2. The number of ether oxygens (including phenoxy) is 1. The smallest absolute Gasteiger partial charge is 0.263 e. The Morgan fingerprint density at radius 2 is 2.57 bits per heavy atom. The maximum Gasteiger partial charge on any atom is 0.263 e. The van der Waals surface area contributed by atoms with Gasteiger partial charge in [0.25, 0.3) is 5.88 Å². The minimum absolute atomic E-state index is 0.780. The van der Waals surface area contributed by atoms with Crippen LogP contribution in [0, 0.1) is 0 Å². The van der Waals surface area contributed by atoms with Gasteiger partial charge in [-0.15, -0.1) is 0 Å². The summed E-state index contributed by atoms with van der Waals surface area (Å²) in [5.74, 6) is 1.70. The van der Waals surface area contributed by atoms with Crippen molar-refractivity contribution in [2.24, 2.45) is 0 Å². The highest BCUT2D eigenvalue weighted by Gasteiger charge is 2.18. The molecule has 0 N–H and O–H groups in total. The molecule has 0 atom stereocenters. The summed E-state index contributed by atoms with van der Waals surface area (Å²) in [7, 11) is 0. The molecule has 2 heterocycles. The van der Waals surface area contributed by atoms with E-state index in [9.17, 15) is 0 Å². The van der Waals surface area contributed by atoms with Crippen LogP contribution < -0.4 is 4.74 Å². The fraction of sp³-hybridized carbons (Fsp3) is 0. The van der Waals surface area contributed by atoms with Crippen LogP contribution in [-0.2, 0) is 0 Å². The summed E-state index contributed by atoms with van der Waals surface area (Å²) < 4.78 is 4.83. The predicted octanol–water partition coefficient (Wildman–Crippen LogP) is 1.19. The molecule has 0 spiro atoms. The highest BCUT2D eigenvalue weighted by atomic mass is 16.6. The Kier molecular flexibility index (Phi) is 0.336. The Labute approximate surface area is 40.8 Å². The summed E-state index contributed by atoms with van der Waals surface area (Å²) in [6.45, 7) is 0. The zero-order valence-electron chi connectivity index (χ0n) is 3.59. The van der Waals surface area contributed by atoms with Crippen LogP contribution in [-0.4, -0.2) is 4.98 Å². The summed E-state index contributed by atoms with van der Waals surface area (Å²) >= 11 is 0. The van der Waals surface area contributed by atoms with Gasteiger partial charge in [0, 0.05) is 6.20 Å². The molecule has 2 heteroatoms. The molecule has 1 aromatic heterocycles. The minimum Gasteiger partial charge on any atom is -0.430 e. The molecule has 0 bridgehead atoms. The molecule has 0 aliphatic carbocycles. The van der Waals surface area contributed by atoms with Crippen molar-refractivity contribution in [3.8, 4) is 11.6 Å². The van der Waals surface area contributed by atoms with E-state index in [1.807, 2.05) is 12.1 Å². The lowest BCUT2D eigenvalue weighted by atomic mass is 10.5. The van der Waals surface area contributed by atoms with Gasteiger partial charge in [-0.3, -0.25) is 0 Å². The minimum atomic E-state index is 0.780. The van der Waals surface area contributed by atoms with Crippen molar-refractivity contribution in [3.05, 3.63) is 18.3 Å². The first-order valence-corrected chi connectivity index (χ1v) is 2.10. The van der Waals surface area contributed by atoms with E-state index in [1.54, 1.807) is 6.20 Å². The van der Waals surface area contributed by atoms with Gasteiger partial charge >= 0.3 is 0 Å². The van der Waals surface area contributed by atoms with E-state index in [0.717, 1.165) is 11.6 Å². The molecule has 0 radical (unpaired) electrons. The number of aromatic nitrogens is 1. The van der Waals surface area contributed by atoms with Crippen molar-refractivity contribution in [1.82, 2.24) is 4.98 Å². The number of hydrogen-bond donors (Lipinski definition) is 0. The number of nitrogens with zero attached hydrogens (tertiary/aromatic N) is 1. The first kappa shape index (κ1) is 3.02. The second-order valence-corrected chi connectivity index (χ2v) is 1.41. The third kappa shape index (κ3) is 0.302. The monoisotopic (exact) mass is 93.0 g/mol. The maximum atomic E-state index is 4.83. The normalized spacial score (nSPS) is 12.0. The van der Waals surface area contributed by atoms with Crippen molar-refractivity contribution in [2.75, 3.05) is 0 Å². The molecular formula is C5H3NO. The summed E-state index contributed by atoms with van der Waals surface area (Å²) in [5, 5.41) is 0. The molecule has 0 unspecified atom stereocenters.